The predicted octanol–water partition coefficient (Wildman–Crippen LogP) is 3.70. The highest BCUT2D eigenvalue weighted by atomic mass is 16.6. The highest BCUT2D eigenvalue weighted by Gasteiger charge is 2.23. The average Bonchev–Trinajstić information content (AvgIpc) is 2.87. The minimum atomic E-state index is -0.888. The lowest BCUT2D eigenvalue weighted by atomic mass is 9.98. The first-order valence-electron chi connectivity index (χ1n) is 10.6. The van der Waals surface area contributed by atoms with Gasteiger partial charge in [0, 0.05) is 17.2 Å². The number of carbonyl (C=O) groups is 3. The van der Waals surface area contributed by atoms with Gasteiger partial charge in [-0.05, 0) is 36.8 Å². The van der Waals surface area contributed by atoms with Gasteiger partial charge >= 0.3 is 5.97 Å². The number of carbonyl (C=O) groups excluding carboxylic acids is 3. The summed E-state index contributed by atoms with van der Waals surface area (Å²) in [5.41, 5.74) is 0.576. The monoisotopic (exact) mass is 476 g/mol. The lowest BCUT2D eigenvalue weighted by Crippen LogP contribution is -2.23. The van der Waals surface area contributed by atoms with E-state index in [1.165, 1.54) is 24.3 Å². The van der Waals surface area contributed by atoms with E-state index < -0.39 is 29.2 Å². The summed E-state index contributed by atoms with van der Waals surface area (Å²) in [6.45, 7) is 1.69. The summed E-state index contributed by atoms with van der Waals surface area (Å²) in [6, 6.07) is 15.2. The number of ketones is 1. The molecule has 0 saturated heterocycles. The predicted molar refractivity (Wildman–Crippen MR) is 124 cm³/mol. The van der Waals surface area contributed by atoms with Gasteiger partial charge in [-0.2, -0.15) is 0 Å². The van der Waals surface area contributed by atoms with Crippen LogP contribution in [0.2, 0.25) is 0 Å². The lowest BCUT2D eigenvalue weighted by Gasteiger charge is -2.18. The van der Waals surface area contributed by atoms with E-state index >= 15 is 0 Å². The zero-order valence-corrected chi connectivity index (χ0v) is 18.6. The zero-order chi connectivity index (χ0) is 24.9. The molecule has 1 aliphatic rings. The molecule has 0 fully saturated rings. The van der Waals surface area contributed by atoms with Gasteiger partial charge in [0.05, 0.1) is 10.5 Å². The molecule has 0 unspecified atom stereocenters. The number of amides is 1. The van der Waals surface area contributed by atoms with Gasteiger partial charge in [-0.15, -0.1) is 0 Å². The van der Waals surface area contributed by atoms with Crippen LogP contribution in [0.5, 0.6) is 11.5 Å². The molecule has 0 spiro atoms. The number of nitrogens with one attached hydrogen (secondary N) is 1. The molecule has 35 heavy (non-hydrogen) atoms. The third kappa shape index (κ3) is 5.11. The third-order valence-corrected chi connectivity index (χ3v) is 5.24. The summed E-state index contributed by atoms with van der Waals surface area (Å²) in [7, 11) is 0. The van der Waals surface area contributed by atoms with Crippen LogP contribution in [0.1, 0.15) is 31.8 Å². The van der Waals surface area contributed by atoms with Crippen LogP contribution in [0.4, 0.5) is 11.4 Å². The molecule has 178 valence electrons. The molecule has 3 aromatic carbocycles. The molecule has 10 nitrogen and oxygen atoms in total. The summed E-state index contributed by atoms with van der Waals surface area (Å²) in [5, 5.41) is 13.6. The number of hydrogen-bond acceptors (Lipinski definition) is 8. The summed E-state index contributed by atoms with van der Waals surface area (Å²) < 4.78 is 16.1. The Balaban J connectivity index is 1.47. The Kier molecular flexibility index (Phi) is 6.72. The van der Waals surface area contributed by atoms with Crippen LogP contribution in [-0.2, 0) is 9.53 Å². The quantitative estimate of drug-likeness (QED) is 0.236. The van der Waals surface area contributed by atoms with Crippen molar-refractivity contribution in [3.05, 3.63) is 93.0 Å². The number of hydrogen-bond donors (Lipinski definition) is 1. The molecular formula is C25H20N2O8. The average molecular weight is 476 g/mol. The van der Waals surface area contributed by atoms with Gasteiger partial charge in [-0.1, -0.05) is 30.3 Å². The van der Waals surface area contributed by atoms with Crippen LogP contribution in [0.25, 0.3) is 0 Å². The van der Waals surface area contributed by atoms with Crippen LogP contribution in [0.3, 0.4) is 0 Å². The van der Waals surface area contributed by atoms with Crippen molar-refractivity contribution in [2.75, 3.05) is 25.1 Å². The van der Waals surface area contributed by atoms with Crippen molar-refractivity contribution >= 4 is 29.0 Å². The smallest absolute Gasteiger partial charge is 0.339 e. The van der Waals surface area contributed by atoms with Gasteiger partial charge in [-0.3, -0.25) is 19.7 Å². The number of nitro groups is 1. The minimum Gasteiger partial charge on any atom is -0.486 e. The molecule has 4 rings (SSSR count). The zero-order valence-electron chi connectivity index (χ0n) is 18.6. The van der Waals surface area contributed by atoms with E-state index in [2.05, 4.69) is 5.32 Å². The van der Waals surface area contributed by atoms with E-state index in [1.807, 2.05) is 0 Å². The number of aryl methyl sites for hydroxylation is 1. The number of para-hydroxylation sites is 1. The molecule has 0 bridgehead atoms. The Morgan fingerprint density at radius 2 is 1.69 bits per heavy atom. The number of ether oxygens (including phenoxy) is 3. The second-order valence-corrected chi connectivity index (χ2v) is 7.58. The fourth-order valence-corrected chi connectivity index (χ4v) is 3.55. The number of anilines is 1. The molecular weight excluding hydrogens is 456 g/mol. The summed E-state index contributed by atoms with van der Waals surface area (Å²) in [4.78, 5) is 48.8. The summed E-state index contributed by atoms with van der Waals surface area (Å²) in [5.74, 6) is -1.12. The van der Waals surface area contributed by atoms with Crippen LogP contribution in [-0.4, -0.2) is 42.4 Å². The van der Waals surface area contributed by atoms with Gasteiger partial charge in [0.15, 0.2) is 23.9 Å². The first-order valence-corrected chi connectivity index (χ1v) is 10.6. The van der Waals surface area contributed by atoms with Gasteiger partial charge < -0.3 is 19.5 Å². The van der Waals surface area contributed by atoms with Crippen molar-refractivity contribution in [2.24, 2.45) is 0 Å². The molecule has 1 amide bonds. The van der Waals surface area contributed by atoms with Crippen molar-refractivity contribution in [3.63, 3.8) is 0 Å². The van der Waals surface area contributed by atoms with Crippen molar-refractivity contribution in [1.82, 2.24) is 0 Å². The second kappa shape index (κ2) is 10.0. The number of benzene rings is 3. The third-order valence-electron chi connectivity index (χ3n) is 5.24. The van der Waals surface area contributed by atoms with E-state index in [9.17, 15) is 24.5 Å². The standard InChI is InChI=1S/C25H20N2O8/c1-15-5-4-8-19(27(31)32)23(15)26-22(28)14-35-25(30)18-7-3-2-6-17(18)24(29)16-9-10-20-21(13-16)34-12-11-33-20/h2-10,13H,11-12,14H2,1H3,(H,26,28). The highest BCUT2D eigenvalue weighted by molar-refractivity contribution is 6.14. The van der Waals surface area contributed by atoms with Gasteiger partial charge in [0.2, 0.25) is 0 Å². The van der Waals surface area contributed by atoms with Crippen molar-refractivity contribution in [3.8, 4) is 11.5 Å². The molecule has 1 aliphatic heterocycles. The van der Waals surface area contributed by atoms with E-state index in [-0.39, 0.29) is 22.5 Å². The normalized spacial score (nSPS) is 11.9. The van der Waals surface area contributed by atoms with E-state index in [4.69, 9.17) is 14.2 Å². The molecule has 0 radical (unpaired) electrons. The number of rotatable bonds is 7. The fraction of sp³-hybridized carbons (Fsp3) is 0.160. The molecule has 1 heterocycles. The molecule has 0 aliphatic carbocycles. The van der Waals surface area contributed by atoms with Crippen molar-refractivity contribution in [1.29, 1.82) is 0 Å². The van der Waals surface area contributed by atoms with Crippen LogP contribution >= 0.6 is 0 Å². The second-order valence-electron chi connectivity index (χ2n) is 7.58. The summed E-state index contributed by atoms with van der Waals surface area (Å²) >= 11 is 0. The number of nitro benzene ring substituents is 1. The van der Waals surface area contributed by atoms with Gasteiger partial charge in [0.1, 0.15) is 18.9 Å². The van der Waals surface area contributed by atoms with Gasteiger partial charge in [0.25, 0.3) is 11.6 Å². The highest BCUT2D eigenvalue weighted by Crippen LogP contribution is 2.32. The maximum atomic E-state index is 13.1. The van der Waals surface area contributed by atoms with Crippen LogP contribution in [0.15, 0.2) is 60.7 Å². The molecule has 0 aromatic heterocycles. The fourth-order valence-electron chi connectivity index (χ4n) is 3.55. The molecule has 1 N–H and O–H groups in total. The summed E-state index contributed by atoms with van der Waals surface area (Å²) in [6.07, 6.45) is 0. The maximum absolute atomic E-state index is 13.1. The Morgan fingerprint density at radius 1 is 0.971 bits per heavy atom. The SMILES string of the molecule is Cc1cccc([N+](=O)[O-])c1NC(=O)COC(=O)c1ccccc1C(=O)c1ccc2c(c1)OCCO2. The first kappa shape index (κ1) is 23.4. The van der Waals surface area contributed by atoms with Crippen LogP contribution in [0, 0.1) is 17.0 Å². The van der Waals surface area contributed by atoms with E-state index in [0.29, 0.717) is 35.8 Å². The number of fused-ring (bicyclic) bond motifs is 1. The lowest BCUT2D eigenvalue weighted by molar-refractivity contribution is -0.384. The Hall–Kier alpha value is -4.73. The Bertz CT molecular complexity index is 1330. The molecule has 0 saturated carbocycles. The largest absolute Gasteiger partial charge is 0.486 e. The Labute approximate surface area is 199 Å². The van der Waals surface area contributed by atoms with E-state index in [1.54, 1.807) is 43.3 Å². The minimum absolute atomic E-state index is 0.0211. The van der Waals surface area contributed by atoms with Gasteiger partial charge in [-0.25, -0.2) is 4.79 Å². The Morgan fingerprint density at radius 3 is 2.43 bits per heavy atom. The van der Waals surface area contributed by atoms with Crippen LogP contribution < -0.4 is 14.8 Å². The number of esters is 1. The van der Waals surface area contributed by atoms with Crippen molar-refractivity contribution < 1.29 is 33.5 Å². The first-order chi connectivity index (χ1) is 16.8. The number of nitrogens with zero attached hydrogens (tertiary/aromatic N) is 1. The van der Waals surface area contributed by atoms with E-state index in [0.717, 1.165) is 0 Å². The topological polar surface area (TPSA) is 134 Å². The van der Waals surface area contributed by atoms with Crippen molar-refractivity contribution in [2.45, 2.75) is 6.92 Å². The molecule has 10 heteroatoms. The molecule has 3 aromatic rings. The molecule has 0 atom stereocenters. The maximum Gasteiger partial charge on any atom is 0.339 e.